The number of rotatable bonds is 9. The van der Waals surface area contributed by atoms with Crippen LogP contribution < -0.4 is 9.62 Å². The first-order chi connectivity index (χ1) is 14.5. The molecule has 0 spiro atoms. The van der Waals surface area contributed by atoms with Gasteiger partial charge in [-0.25, -0.2) is 8.42 Å². The van der Waals surface area contributed by atoms with Crippen LogP contribution in [0.15, 0.2) is 48.5 Å². The van der Waals surface area contributed by atoms with Crippen molar-refractivity contribution in [3.05, 3.63) is 65.2 Å². The summed E-state index contributed by atoms with van der Waals surface area (Å²) in [6.45, 7) is 7.52. The molecule has 0 saturated carbocycles. The summed E-state index contributed by atoms with van der Waals surface area (Å²) in [6, 6.07) is 13.8. The molecule has 0 aliphatic rings. The molecule has 2 amide bonds. The highest BCUT2D eigenvalue weighted by atomic mass is 32.2. The smallest absolute Gasteiger partial charge is 0.244 e. The lowest BCUT2D eigenvalue weighted by Crippen LogP contribution is -2.51. The molecule has 0 aliphatic heterocycles. The van der Waals surface area contributed by atoms with E-state index in [-0.39, 0.29) is 12.5 Å². The fourth-order valence-electron chi connectivity index (χ4n) is 3.18. The monoisotopic (exact) mass is 445 g/mol. The van der Waals surface area contributed by atoms with Crippen molar-refractivity contribution in [2.24, 2.45) is 0 Å². The molecule has 0 radical (unpaired) electrons. The maximum Gasteiger partial charge on any atom is 0.244 e. The minimum absolute atomic E-state index is 0.197. The van der Waals surface area contributed by atoms with Crippen LogP contribution in [0.1, 0.15) is 30.5 Å². The van der Waals surface area contributed by atoms with Gasteiger partial charge in [-0.15, -0.1) is 0 Å². The van der Waals surface area contributed by atoms with Gasteiger partial charge in [-0.2, -0.15) is 0 Å². The van der Waals surface area contributed by atoms with Crippen molar-refractivity contribution in [2.45, 2.75) is 40.3 Å². The minimum atomic E-state index is -3.72. The molecular formula is C23H31N3O4S. The molecule has 7 nitrogen and oxygen atoms in total. The van der Waals surface area contributed by atoms with Crippen LogP contribution in [-0.4, -0.2) is 50.5 Å². The first-order valence-electron chi connectivity index (χ1n) is 10.2. The van der Waals surface area contributed by atoms with Crippen molar-refractivity contribution in [3.63, 3.8) is 0 Å². The Hall–Kier alpha value is -2.87. The second kappa shape index (κ2) is 10.4. The zero-order valence-corrected chi connectivity index (χ0v) is 19.6. The normalized spacial score (nSPS) is 12.2. The first kappa shape index (κ1) is 24.4. The van der Waals surface area contributed by atoms with Crippen molar-refractivity contribution in [2.75, 3.05) is 23.7 Å². The Morgan fingerprint density at radius 1 is 1.03 bits per heavy atom. The number of nitrogens with zero attached hydrogens (tertiary/aromatic N) is 2. The average molecular weight is 446 g/mol. The number of sulfonamides is 1. The first-order valence-corrected chi connectivity index (χ1v) is 12.1. The van der Waals surface area contributed by atoms with Crippen molar-refractivity contribution < 1.29 is 18.0 Å². The lowest BCUT2D eigenvalue weighted by Gasteiger charge is -2.31. The van der Waals surface area contributed by atoms with Gasteiger partial charge in [0.1, 0.15) is 12.6 Å². The van der Waals surface area contributed by atoms with Crippen LogP contribution in [0.3, 0.4) is 0 Å². The van der Waals surface area contributed by atoms with Gasteiger partial charge >= 0.3 is 0 Å². The predicted molar refractivity (Wildman–Crippen MR) is 123 cm³/mol. The van der Waals surface area contributed by atoms with E-state index in [4.69, 9.17) is 0 Å². The minimum Gasteiger partial charge on any atom is -0.355 e. The number of aryl methyl sites for hydroxylation is 2. The van der Waals surface area contributed by atoms with Gasteiger partial charge in [-0.05, 0) is 56.5 Å². The standard InChI is InChI=1S/C23H31N3O4S/c1-6-24-23(28)19(4)25(15-20-10-8-7-9-11-20)22(27)16-26(31(5,29)30)21-13-12-17(2)18(3)14-21/h7-14,19H,6,15-16H2,1-5H3,(H,24,28). The Morgan fingerprint density at radius 2 is 1.68 bits per heavy atom. The summed E-state index contributed by atoms with van der Waals surface area (Å²) in [5.41, 5.74) is 3.22. The third kappa shape index (κ3) is 6.55. The highest BCUT2D eigenvalue weighted by molar-refractivity contribution is 7.92. The second-order valence-corrected chi connectivity index (χ2v) is 9.52. The lowest BCUT2D eigenvalue weighted by molar-refractivity contribution is -0.139. The zero-order valence-electron chi connectivity index (χ0n) is 18.8. The summed E-state index contributed by atoms with van der Waals surface area (Å²) in [5, 5.41) is 2.73. The second-order valence-electron chi connectivity index (χ2n) is 7.62. The van der Waals surface area contributed by atoms with Gasteiger partial charge in [-0.3, -0.25) is 13.9 Å². The van der Waals surface area contributed by atoms with Crippen LogP contribution in [0.5, 0.6) is 0 Å². The van der Waals surface area contributed by atoms with E-state index in [1.165, 1.54) is 4.90 Å². The summed E-state index contributed by atoms with van der Waals surface area (Å²) in [7, 11) is -3.72. The van der Waals surface area contributed by atoms with Gasteiger partial charge in [0, 0.05) is 13.1 Å². The Kier molecular flexibility index (Phi) is 8.21. The molecule has 0 saturated heterocycles. The Balaban J connectivity index is 2.38. The zero-order chi connectivity index (χ0) is 23.2. The van der Waals surface area contributed by atoms with Crippen molar-refractivity contribution in [3.8, 4) is 0 Å². The average Bonchev–Trinajstić information content (AvgIpc) is 2.72. The number of benzene rings is 2. The number of carbonyl (C=O) groups excluding carboxylic acids is 2. The topological polar surface area (TPSA) is 86.8 Å². The molecule has 168 valence electrons. The number of nitrogens with one attached hydrogen (secondary N) is 1. The number of hydrogen-bond acceptors (Lipinski definition) is 4. The van der Waals surface area contributed by atoms with Gasteiger partial charge < -0.3 is 10.2 Å². The molecule has 0 heterocycles. The van der Waals surface area contributed by atoms with Gasteiger partial charge in [0.15, 0.2) is 0 Å². The number of hydrogen-bond donors (Lipinski definition) is 1. The van der Waals surface area contributed by atoms with Crippen molar-refractivity contribution in [1.82, 2.24) is 10.2 Å². The molecular weight excluding hydrogens is 414 g/mol. The summed E-state index contributed by atoms with van der Waals surface area (Å²) in [5.74, 6) is -0.741. The molecule has 2 rings (SSSR count). The lowest BCUT2D eigenvalue weighted by atomic mass is 10.1. The highest BCUT2D eigenvalue weighted by Gasteiger charge is 2.29. The SMILES string of the molecule is CCNC(=O)C(C)N(Cc1ccccc1)C(=O)CN(c1ccc(C)c(C)c1)S(C)(=O)=O. The molecule has 31 heavy (non-hydrogen) atoms. The van der Waals surface area contributed by atoms with Gasteiger partial charge in [0.2, 0.25) is 21.8 Å². The molecule has 0 fully saturated rings. The van der Waals surface area contributed by atoms with Crippen LogP contribution in [0.25, 0.3) is 0 Å². The summed E-state index contributed by atoms with van der Waals surface area (Å²) < 4.78 is 26.1. The quantitative estimate of drug-likeness (QED) is 0.643. The molecule has 2 aromatic rings. The summed E-state index contributed by atoms with van der Waals surface area (Å²) in [4.78, 5) is 27.2. The predicted octanol–water partition coefficient (Wildman–Crippen LogP) is 2.62. The van der Waals surface area contributed by atoms with E-state index in [1.807, 2.05) is 50.2 Å². The molecule has 2 aromatic carbocycles. The third-order valence-corrected chi connectivity index (χ3v) is 6.31. The molecule has 0 aliphatic carbocycles. The van der Waals surface area contributed by atoms with Crippen LogP contribution in [0.4, 0.5) is 5.69 Å². The van der Waals surface area contributed by atoms with Gasteiger partial charge in [0.25, 0.3) is 0 Å². The Bertz CT molecular complexity index is 1020. The largest absolute Gasteiger partial charge is 0.355 e. The Labute approximate surface area is 185 Å². The van der Waals surface area contributed by atoms with Gasteiger partial charge in [-0.1, -0.05) is 36.4 Å². The number of amides is 2. The maximum atomic E-state index is 13.3. The summed E-state index contributed by atoms with van der Waals surface area (Å²) >= 11 is 0. The molecule has 1 N–H and O–H groups in total. The Morgan fingerprint density at radius 3 is 2.23 bits per heavy atom. The van der Waals surface area contributed by atoms with E-state index in [0.29, 0.717) is 12.2 Å². The van der Waals surface area contributed by atoms with Crippen molar-refractivity contribution in [1.29, 1.82) is 0 Å². The van der Waals surface area contributed by atoms with Crippen LogP contribution in [0, 0.1) is 13.8 Å². The molecule has 0 aromatic heterocycles. The van der Waals surface area contributed by atoms with Crippen LogP contribution in [-0.2, 0) is 26.2 Å². The fourth-order valence-corrected chi connectivity index (χ4v) is 4.02. The number of likely N-dealkylation sites (N-methyl/N-ethyl adjacent to an activating group) is 1. The van der Waals surface area contributed by atoms with E-state index in [9.17, 15) is 18.0 Å². The van der Waals surface area contributed by atoms with E-state index >= 15 is 0 Å². The highest BCUT2D eigenvalue weighted by Crippen LogP contribution is 2.22. The number of anilines is 1. The van der Waals surface area contributed by atoms with E-state index in [0.717, 1.165) is 27.3 Å². The van der Waals surface area contributed by atoms with E-state index in [2.05, 4.69) is 5.32 Å². The molecule has 1 atom stereocenters. The molecule has 0 bridgehead atoms. The maximum absolute atomic E-state index is 13.3. The van der Waals surface area contributed by atoms with Crippen LogP contribution in [0.2, 0.25) is 0 Å². The van der Waals surface area contributed by atoms with Crippen LogP contribution >= 0.6 is 0 Å². The third-order valence-electron chi connectivity index (χ3n) is 5.17. The van der Waals surface area contributed by atoms with Gasteiger partial charge in [0.05, 0.1) is 11.9 Å². The fraction of sp³-hybridized carbons (Fsp3) is 0.391. The van der Waals surface area contributed by atoms with E-state index < -0.39 is 28.5 Å². The molecule has 8 heteroatoms. The van der Waals surface area contributed by atoms with E-state index in [1.54, 1.807) is 26.0 Å². The van der Waals surface area contributed by atoms with Crippen molar-refractivity contribution >= 4 is 27.5 Å². The summed E-state index contributed by atoms with van der Waals surface area (Å²) in [6.07, 6.45) is 1.07. The number of carbonyl (C=O) groups is 2. The molecule has 1 unspecified atom stereocenters.